The highest BCUT2D eigenvalue weighted by Gasteiger charge is 2.31. The molecule has 2 aromatic heterocycles. The van der Waals surface area contributed by atoms with Gasteiger partial charge in [-0.3, -0.25) is 10.1 Å². The predicted octanol–water partition coefficient (Wildman–Crippen LogP) is 2.66. The number of thiazole rings is 1. The Morgan fingerprint density at radius 1 is 1.50 bits per heavy atom. The van der Waals surface area contributed by atoms with Crippen molar-refractivity contribution in [3.63, 3.8) is 0 Å². The molecule has 94 valence electrons. The Hall–Kier alpha value is -0.890. The van der Waals surface area contributed by atoms with Crippen LogP contribution in [0.1, 0.15) is 10.4 Å². The maximum Gasteiger partial charge on any atom is 0.321 e. The highest BCUT2D eigenvalue weighted by Crippen LogP contribution is 2.38. The van der Waals surface area contributed by atoms with Gasteiger partial charge in [0.05, 0.1) is 4.88 Å². The van der Waals surface area contributed by atoms with Gasteiger partial charge in [-0.25, -0.2) is 4.98 Å². The first-order chi connectivity index (χ1) is 8.74. The summed E-state index contributed by atoms with van der Waals surface area (Å²) in [4.78, 5) is 17.6. The fraction of sp³-hybridized carbons (Fsp3) is 0.273. The Balaban J connectivity index is 1.77. The molecule has 18 heavy (non-hydrogen) atoms. The summed E-state index contributed by atoms with van der Waals surface area (Å²) in [5.41, 5.74) is 0. The van der Waals surface area contributed by atoms with Crippen molar-refractivity contribution >= 4 is 40.4 Å². The number of aromatic nitrogens is 1. The Morgan fingerprint density at radius 2 is 2.39 bits per heavy atom. The molecule has 0 bridgehead atoms. The summed E-state index contributed by atoms with van der Waals surface area (Å²) in [6.07, 6.45) is 1.86. The number of thiophene rings is 1. The number of hydrogen-bond acceptors (Lipinski definition) is 6. The van der Waals surface area contributed by atoms with Gasteiger partial charge in [0.15, 0.2) is 0 Å². The summed E-state index contributed by atoms with van der Waals surface area (Å²) in [6, 6.07) is 3.62. The fourth-order valence-electron chi connectivity index (χ4n) is 1.70. The van der Waals surface area contributed by atoms with Crippen LogP contribution in [0.2, 0.25) is 0 Å². The zero-order valence-corrected chi connectivity index (χ0v) is 11.6. The van der Waals surface area contributed by atoms with Crippen LogP contribution in [0.5, 0.6) is 0 Å². The number of nitrogens with one attached hydrogen (secondary N) is 1. The average Bonchev–Trinajstić information content (AvgIpc) is 3.10. The zero-order valence-electron chi connectivity index (χ0n) is 9.20. The van der Waals surface area contributed by atoms with Crippen molar-refractivity contribution in [2.24, 2.45) is 0 Å². The molecule has 2 N–H and O–H groups in total. The molecule has 0 amide bonds. The summed E-state index contributed by atoms with van der Waals surface area (Å²) in [7, 11) is 0. The molecule has 3 heterocycles. The summed E-state index contributed by atoms with van der Waals surface area (Å²) in [6.45, 7) is 0. The van der Waals surface area contributed by atoms with Gasteiger partial charge >= 0.3 is 5.97 Å². The molecule has 2 unspecified atom stereocenters. The summed E-state index contributed by atoms with van der Waals surface area (Å²) >= 11 is 4.91. The lowest BCUT2D eigenvalue weighted by Gasteiger charge is -2.06. The molecular weight excluding hydrogens is 288 g/mol. The van der Waals surface area contributed by atoms with Crippen molar-refractivity contribution in [3.8, 4) is 9.75 Å². The van der Waals surface area contributed by atoms with Crippen molar-refractivity contribution in [2.75, 3.05) is 5.75 Å². The smallest absolute Gasteiger partial charge is 0.321 e. The third kappa shape index (κ3) is 2.31. The third-order valence-electron chi connectivity index (χ3n) is 2.59. The highest BCUT2D eigenvalue weighted by atomic mass is 32.2. The first-order valence-electron chi connectivity index (χ1n) is 5.34. The molecule has 1 aliphatic rings. The number of hydrogen-bond donors (Lipinski definition) is 2. The van der Waals surface area contributed by atoms with E-state index in [1.54, 1.807) is 34.4 Å². The van der Waals surface area contributed by atoms with Gasteiger partial charge in [0, 0.05) is 16.8 Å². The fourth-order valence-corrected chi connectivity index (χ4v) is 4.81. The Morgan fingerprint density at radius 3 is 3.06 bits per heavy atom. The minimum atomic E-state index is -0.792. The molecule has 7 heteroatoms. The van der Waals surface area contributed by atoms with Crippen molar-refractivity contribution in [2.45, 2.75) is 11.4 Å². The normalized spacial score (nSPS) is 23.3. The molecular formula is C11H10N2O2S3. The van der Waals surface area contributed by atoms with Crippen molar-refractivity contribution in [1.29, 1.82) is 0 Å². The lowest BCUT2D eigenvalue weighted by atomic mass is 10.3. The van der Waals surface area contributed by atoms with E-state index in [0.29, 0.717) is 5.75 Å². The standard InChI is InChI=1S/C11H10N2O2S3/c14-11(15)6-5-17-10(13-6)9-12-4-8(18-9)7-2-1-3-16-7/h1-4,6,10,13H,5H2,(H,14,15). The van der Waals surface area contributed by atoms with Crippen LogP contribution < -0.4 is 5.32 Å². The predicted molar refractivity (Wildman–Crippen MR) is 75.2 cm³/mol. The van der Waals surface area contributed by atoms with Crippen LogP contribution in [-0.4, -0.2) is 27.9 Å². The zero-order chi connectivity index (χ0) is 12.5. The van der Waals surface area contributed by atoms with E-state index < -0.39 is 12.0 Å². The van der Waals surface area contributed by atoms with E-state index in [0.717, 1.165) is 9.88 Å². The lowest BCUT2D eigenvalue weighted by Crippen LogP contribution is -2.33. The average molecular weight is 298 g/mol. The summed E-state index contributed by atoms with van der Waals surface area (Å²) in [5, 5.41) is 15.0. The molecule has 0 spiro atoms. The number of carboxylic acids is 1. The van der Waals surface area contributed by atoms with Gasteiger partial charge in [0.25, 0.3) is 0 Å². The minimum Gasteiger partial charge on any atom is -0.480 e. The molecule has 2 atom stereocenters. The van der Waals surface area contributed by atoms with E-state index in [9.17, 15) is 4.79 Å². The van der Waals surface area contributed by atoms with Crippen LogP contribution >= 0.6 is 34.4 Å². The van der Waals surface area contributed by atoms with Crippen molar-refractivity contribution in [3.05, 3.63) is 28.7 Å². The molecule has 0 radical (unpaired) electrons. The first-order valence-corrected chi connectivity index (χ1v) is 8.08. The molecule has 0 aromatic carbocycles. The quantitative estimate of drug-likeness (QED) is 0.912. The van der Waals surface area contributed by atoms with E-state index in [4.69, 9.17) is 5.11 Å². The second-order valence-electron chi connectivity index (χ2n) is 3.81. The second-order valence-corrected chi connectivity index (χ2v) is 6.96. The van der Waals surface area contributed by atoms with Crippen LogP contribution in [0.4, 0.5) is 0 Å². The van der Waals surface area contributed by atoms with Crippen molar-refractivity contribution < 1.29 is 9.90 Å². The van der Waals surface area contributed by atoms with E-state index >= 15 is 0 Å². The number of rotatable bonds is 3. The summed E-state index contributed by atoms with van der Waals surface area (Å²) < 4.78 is 0. The first kappa shape index (κ1) is 12.2. The number of thioether (sulfide) groups is 1. The van der Waals surface area contributed by atoms with E-state index in [-0.39, 0.29) is 5.37 Å². The third-order valence-corrected chi connectivity index (χ3v) is 6.09. The maximum absolute atomic E-state index is 10.9. The van der Waals surface area contributed by atoms with Crippen LogP contribution in [-0.2, 0) is 4.79 Å². The van der Waals surface area contributed by atoms with Gasteiger partial charge in [0.1, 0.15) is 16.4 Å². The molecule has 2 aromatic rings. The Bertz CT molecular complexity index is 552. The van der Waals surface area contributed by atoms with Gasteiger partial charge in [0.2, 0.25) is 0 Å². The van der Waals surface area contributed by atoms with Crippen LogP contribution in [0, 0.1) is 0 Å². The van der Waals surface area contributed by atoms with Crippen LogP contribution in [0.25, 0.3) is 9.75 Å². The van der Waals surface area contributed by atoms with Gasteiger partial charge in [-0.2, -0.15) is 0 Å². The number of aliphatic carboxylic acids is 1. The molecule has 4 nitrogen and oxygen atoms in total. The second kappa shape index (κ2) is 5.00. The Labute approximate surface area is 116 Å². The van der Waals surface area contributed by atoms with E-state index in [1.807, 2.05) is 17.6 Å². The molecule has 0 aliphatic carbocycles. The van der Waals surface area contributed by atoms with Crippen LogP contribution in [0.3, 0.4) is 0 Å². The number of nitrogens with zero attached hydrogens (tertiary/aromatic N) is 1. The largest absolute Gasteiger partial charge is 0.480 e. The van der Waals surface area contributed by atoms with Gasteiger partial charge < -0.3 is 5.11 Å². The van der Waals surface area contributed by atoms with Gasteiger partial charge in [-0.05, 0) is 11.4 Å². The SMILES string of the molecule is O=C(O)C1CSC(c2ncc(-c3cccs3)s2)N1. The Kier molecular flexibility index (Phi) is 3.38. The monoisotopic (exact) mass is 298 g/mol. The molecule has 0 saturated carbocycles. The lowest BCUT2D eigenvalue weighted by molar-refractivity contribution is -0.138. The molecule has 1 aliphatic heterocycles. The highest BCUT2D eigenvalue weighted by molar-refractivity contribution is 7.99. The molecule has 1 fully saturated rings. The van der Waals surface area contributed by atoms with E-state index in [2.05, 4.69) is 16.4 Å². The van der Waals surface area contributed by atoms with Crippen molar-refractivity contribution in [1.82, 2.24) is 10.3 Å². The summed E-state index contributed by atoms with van der Waals surface area (Å²) in [5.74, 6) is -0.200. The minimum absolute atomic E-state index is 0.00446. The van der Waals surface area contributed by atoms with Crippen LogP contribution in [0.15, 0.2) is 23.7 Å². The van der Waals surface area contributed by atoms with Gasteiger partial charge in [-0.15, -0.1) is 34.4 Å². The number of carboxylic acid groups (broad SMARTS) is 1. The van der Waals surface area contributed by atoms with Gasteiger partial charge in [-0.1, -0.05) is 6.07 Å². The molecule has 1 saturated heterocycles. The maximum atomic E-state index is 10.9. The van der Waals surface area contributed by atoms with E-state index in [1.165, 1.54) is 4.88 Å². The number of carbonyl (C=O) groups is 1. The molecule has 3 rings (SSSR count). The topological polar surface area (TPSA) is 62.2 Å².